The number of benzene rings is 1. The fraction of sp³-hybridized carbons (Fsp3) is 0.625. The maximum Gasteiger partial charge on any atom is 0.269 e. The Hall–Kier alpha value is -1.62. The molecule has 1 aromatic rings. The third-order valence-electron chi connectivity index (χ3n) is 4.24. The van der Waals surface area contributed by atoms with E-state index in [0.717, 1.165) is 12.5 Å². The molecular formula is C16H24N2O3. The zero-order valence-corrected chi connectivity index (χ0v) is 12.6. The van der Waals surface area contributed by atoms with Crippen LogP contribution in [0.4, 0.5) is 5.69 Å². The van der Waals surface area contributed by atoms with Crippen molar-refractivity contribution in [1.82, 2.24) is 5.32 Å². The molecule has 0 bridgehead atoms. The first-order chi connectivity index (χ1) is 10.2. The lowest BCUT2D eigenvalue weighted by molar-refractivity contribution is -0.384. The Morgan fingerprint density at radius 1 is 1.29 bits per heavy atom. The summed E-state index contributed by atoms with van der Waals surface area (Å²) in [4.78, 5) is 10.1. The average molecular weight is 292 g/mol. The fourth-order valence-corrected chi connectivity index (χ4v) is 2.92. The van der Waals surface area contributed by atoms with Crippen molar-refractivity contribution in [3.05, 3.63) is 34.4 Å². The van der Waals surface area contributed by atoms with E-state index in [1.807, 2.05) is 0 Å². The molecule has 5 nitrogen and oxygen atoms in total. The van der Waals surface area contributed by atoms with Crippen LogP contribution in [-0.2, 0) is 0 Å². The summed E-state index contributed by atoms with van der Waals surface area (Å²) < 4.78 is 5.59. The van der Waals surface area contributed by atoms with Crippen molar-refractivity contribution >= 4 is 5.69 Å². The van der Waals surface area contributed by atoms with Crippen LogP contribution in [0.15, 0.2) is 24.3 Å². The highest BCUT2D eigenvalue weighted by Crippen LogP contribution is 2.26. The number of nitrogens with zero attached hydrogens (tertiary/aromatic N) is 1. The number of ether oxygens (including phenoxy) is 1. The molecule has 0 saturated heterocycles. The Morgan fingerprint density at radius 2 is 1.95 bits per heavy atom. The maximum absolute atomic E-state index is 10.6. The normalized spacial score (nSPS) is 17.4. The Kier molecular flexibility index (Phi) is 5.99. The number of nitro benzene ring substituents is 1. The van der Waals surface area contributed by atoms with E-state index >= 15 is 0 Å². The van der Waals surface area contributed by atoms with Crippen LogP contribution in [0.3, 0.4) is 0 Å². The van der Waals surface area contributed by atoms with E-state index in [-0.39, 0.29) is 5.69 Å². The van der Waals surface area contributed by atoms with E-state index in [0.29, 0.717) is 18.4 Å². The average Bonchev–Trinajstić information content (AvgIpc) is 2.52. The van der Waals surface area contributed by atoms with Crippen molar-refractivity contribution in [1.29, 1.82) is 0 Å². The fourth-order valence-electron chi connectivity index (χ4n) is 2.92. The predicted molar refractivity (Wildman–Crippen MR) is 82.6 cm³/mol. The molecule has 1 fully saturated rings. The summed E-state index contributed by atoms with van der Waals surface area (Å²) >= 11 is 0. The van der Waals surface area contributed by atoms with Gasteiger partial charge in [0, 0.05) is 24.7 Å². The van der Waals surface area contributed by atoms with Gasteiger partial charge in [-0.25, -0.2) is 0 Å². The molecule has 0 aromatic heterocycles. The van der Waals surface area contributed by atoms with Crippen LogP contribution in [0, 0.1) is 16.0 Å². The molecule has 5 heteroatoms. The highest BCUT2D eigenvalue weighted by molar-refractivity contribution is 5.35. The summed E-state index contributed by atoms with van der Waals surface area (Å²) in [5.41, 5.74) is 0.0893. The lowest BCUT2D eigenvalue weighted by Gasteiger charge is -2.28. The smallest absolute Gasteiger partial charge is 0.269 e. The van der Waals surface area contributed by atoms with Gasteiger partial charge in [-0.3, -0.25) is 10.1 Å². The van der Waals surface area contributed by atoms with Gasteiger partial charge in [0.25, 0.3) is 5.69 Å². The van der Waals surface area contributed by atoms with Crippen LogP contribution < -0.4 is 10.1 Å². The van der Waals surface area contributed by atoms with E-state index in [1.165, 1.54) is 44.2 Å². The molecule has 0 spiro atoms. The zero-order valence-electron chi connectivity index (χ0n) is 12.6. The van der Waals surface area contributed by atoms with E-state index in [1.54, 1.807) is 12.1 Å². The Bertz CT molecular complexity index is 441. The quantitative estimate of drug-likeness (QED) is 0.474. The van der Waals surface area contributed by atoms with Gasteiger partial charge in [0.2, 0.25) is 0 Å². The molecule has 2 rings (SSSR count). The van der Waals surface area contributed by atoms with E-state index in [2.05, 4.69) is 12.2 Å². The molecule has 116 valence electrons. The van der Waals surface area contributed by atoms with E-state index in [9.17, 15) is 10.1 Å². The van der Waals surface area contributed by atoms with Gasteiger partial charge in [-0.05, 0) is 37.8 Å². The molecule has 1 unspecified atom stereocenters. The topological polar surface area (TPSA) is 64.4 Å². The van der Waals surface area contributed by atoms with Gasteiger partial charge in [0.1, 0.15) is 12.4 Å². The number of hydrogen-bond donors (Lipinski definition) is 1. The molecule has 0 radical (unpaired) electrons. The van der Waals surface area contributed by atoms with Crippen LogP contribution in [0.2, 0.25) is 0 Å². The minimum atomic E-state index is -0.406. The molecular weight excluding hydrogens is 268 g/mol. The van der Waals surface area contributed by atoms with Crippen molar-refractivity contribution in [2.45, 2.75) is 45.1 Å². The third-order valence-corrected chi connectivity index (χ3v) is 4.24. The largest absolute Gasteiger partial charge is 0.492 e. The van der Waals surface area contributed by atoms with E-state index < -0.39 is 4.92 Å². The molecule has 1 aromatic carbocycles. The number of nitrogens with one attached hydrogen (secondary N) is 1. The Morgan fingerprint density at radius 3 is 2.57 bits per heavy atom. The van der Waals surface area contributed by atoms with Crippen LogP contribution in [0.5, 0.6) is 5.75 Å². The standard InChI is InChI=1S/C16H24N2O3/c1-13(14-5-3-2-4-6-14)17-11-12-21-16-9-7-15(8-10-16)18(19)20/h7-10,13-14,17H,2-6,11-12H2,1H3. The number of hydrogen-bond acceptors (Lipinski definition) is 4. The number of non-ortho nitro benzene ring substituents is 1. The van der Waals surface area contributed by atoms with Gasteiger partial charge >= 0.3 is 0 Å². The second-order valence-corrected chi connectivity index (χ2v) is 5.74. The molecule has 21 heavy (non-hydrogen) atoms. The van der Waals surface area contributed by atoms with Crippen molar-refractivity contribution in [3.63, 3.8) is 0 Å². The number of rotatable bonds is 7. The van der Waals surface area contributed by atoms with Crippen molar-refractivity contribution in [3.8, 4) is 5.75 Å². The lowest BCUT2D eigenvalue weighted by Crippen LogP contribution is -2.37. The summed E-state index contributed by atoms with van der Waals surface area (Å²) in [6.07, 6.45) is 6.76. The van der Waals surface area contributed by atoms with Crippen molar-refractivity contribution in [2.24, 2.45) is 5.92 Å². The first-order valence-corrected chi connectivity index (χ1v) is 7.77. The minimum absolute atomic E-state index is 0.0893. The molecule has 0 amide bonds. The SMILES string of the molecule is CC(NCCOc1ccc([N+](=O)[O-])cc1)C1CCCCC1. The molecule has 1 aliphatic carbocycles. The molecule has 0 heterocycles. The maximum atomic E-state index is 10.6. The second-order valence-electron chi connectivity index (χ2n) is 5.74. The number of nitro groups is 1. The first kappa shape index (κ1) is 15.8. The molecule has 1 saturated carbocycles. The third kappa shape index (κ3) is 5.01. The summed E-state index contributed by atoms with van der Waals surface area (Å²) in [7, 11) is 0. The molecule has 1 aliphatic rings. The van der Waals surface area contributed by atoms with Crippen molar-refractivity contribution in [2.75, 3.05) is 13.2 Å². The van der Waals surface area contributed by atoms with Crippen LogP contribution in [-0.4, -0.2) is 24.1 Å². The monoisotopic (exact) mass is 292 g/mol. The van der Waals surface area contributed by atoms with Gasteiger partial charge in [-0.1, -0.05) is 19.3 Å². The van der Waals surface area contributed by atoms with Gasteiger partial charge in [0.05, 0.1) is 4.92 Å². The molecule has 1 atom stereocenters. The van der Waals surface area contributed by atoms with Gasteiger partial charge in [-0.15, -0.1) is 0 Å². The van der Waals surface area contributed by atoms with Crippen molar-refractivity contribution < 1.29 is 9.66 Å². The summed E-state index contributed by atoms with van der Waals surface area (Å²) in [6, 6.07) is 6.75. The Balaban J connectivity index is 1.65. The van der Waals surface area contributed by atoms with Gasteiger partial charge < -0.3 is 10.1 Å². The first-order valence-electron chi connectivity index (χ1n) is 7.77. The van der Waals surface area contributed by atoms with Crippen LogP contribution in [0.1, 0.15) is 39.0 Å². The zero-order chi connectivity index (χ0) is 15.1. The predicted octanol–water partition coefficient (Wildman–Crippen LogP) is 3.53. The summed E-state index contributed by atoms with van der Waals surface area (Å²) in [6.45, 7) is 3.63. The Labute approximate surface area is 125 Å². The van der Waals surface area contributed by atoms with Gasteiger partial charge in [-0.2, -0.15) is 0 Å². The second kappa shape index (κ2) is 7.98. The van der Waals surface area contributed by atoms with Crippen LogP contribution >= 0.6 is 0 Å². The van der Waals surface area contributed by atoms with Crippen LogP contribution in [0.25, 0.3) is 0 Å². The minimum Gasteiger partial charge on any atom is -0.492 e. The van der Waals surface area contributed by atoms with Gasteiger partial charge in [0.15, 0.2) is 0 Å². The molecule has 1 N–H and O–H groups in total. The summed E-state index contributed by atoms with van der Waals surface area (Å²) in [5.74, 6) is 1.46. The van der Waals surface area contributed by atoms with E-state index in [4.69, 9.17) is 4.74 Å². The lowest BCUT2D eigenvalue weighted by atomic mass is 9.84. The summed E-state index contributed by atoms with van der Waals surface area (Å²) in [5, 5.41) is 14.1. The highest BCUT2D eigenvalue weighted by atomic mass is 16.6. The highest BCUT2D eigenvalue weighted by Gasteiger charge is 2.19. The molecule has 0 aliphatic heterocycles.